The molecule has 2 aromatic heterocycles. The number of hydrogen-bond acceptors (Lipinski definition) is 6. The summed E-state index contributed by atoms with van der Waals surface area (Å²) in [6.07, 6.45) is 1.50. The van der Waals surface area contributed by atoms with Crippen molar-refractivity contribution in [1.29, 1.82) is 0 Å². The molecule has 4 rings (SSSR count). The van der Waals surface area contributed by atoms with E-state index in [9.17, 15) is 12.8 Å². The molecule has 0 saturated heterocycles. The Hall–Kier alpha value is -3.07. The van der Waals surface area contributed by atoms with Gasteiger partial charge < -0.3 is 0 Å². The van der Waals surface area contributed by atoms with Crippen molar-refractivity contribution in [1.82, 2.24) is 19.9 Å². The molecule has 0 aliphatic carbocycles. The molecule has 0 atom stereocenters. The van der Waals surface area contributed by atoms with Crippen LogP contribution in [-0.2, 0) is 9.84 Å². The van der Waals surface area contributed by atoms with Crippen molar-refractivity contribution in [3.63, 3.8) is 0 Å². The second-order valence-electron chi connectivity index (χ2n) is 6.33. The van der Waals surface area contributed by atoms with Gasteiger partial charge in [0.05, 0.1) is 22.5 Å². The number of hydrogen-bond donors (Lipinski definition) is 1. The van der Waals surface area contributed by atoms with Crippen molar-refractivity contribution < 1.29 is 12.8 Å². The van der Waals surface area contributed by atoms with Crippen molar-refractivity contribution in [2.45, 2.75) is 24.1 Å². The highest BCUT2D eigenvalue weighted by Gasteiger charge is 2.25. The molecule has 9 heteroatoms. The Labute approximate surface area is 154 Å². The average molecular weight is 385 g/mol. The highest BCUT2D eigenvalue weighted by atomic mass is 32.2. The molecule has 0 saturated carbocycles. The van der Waals surface area contributed by atoms with E-state index in [4.69, 9.17) is 0 Å². The normalized spacial score (nSPS) is 12.1. The number of nitrogens with one attached hydrogen (secondary N) is 1. The van der Waals surface area contributed by atoms with Crippen LogP contribution in [0.1, 0.15) is 13.8 Å². The summed E-state index contributed by atoms with van der Waals surface area (Å²) in [4.78, 5) is 10.0. The monoisotopic (exact) mass is 385 g/mol. The topological polar surface area (TPSA) is 89.8 Å². The van der Waals surface area contributed by atoms with Crippen molar-refractivity contribution in [2.75, 3.05) is 5.43 Å². The van der Waals surface area contributed by atoms with E-state index >= 15 is 0 Å². The zero-order valence-electron chi connectivity index (χ0n) is 14.6. The third-order valence-corrected chi connectivity index (χ3v) is 6.29. The second-order valence-corrected chi connectivity index (χ2v) is 8.75. The van der Waals surface area contributed by atoms with Crippen molar-refractivity contribution in [2.24, 2.45) is 0 Å². The molecule has 1 N–H and O–H groups in total. The Morgan fingerprint density at radius 3 is 2.67 bits per heavy atom. The standard InChI is InChI=1S/C18H16FN5O2S/c1-11(2)27(25,26)17-14-5-3-4-6-15(14)21-18(22-17)23-24-16-8-7-13(19)9-12(16)10-20-24/h3-11H,1-2H3,(H,21,22,23). The van der Waals surface area contributed by atoms with E-state index in [-0.39, 0.29) is 16.8 Å². The quantitative estimate of drug-likeness (QED) is 0.543. The summed E-state index contributed by atoms with van der Waals surface area (Å²) in [5.41, 5.74) is 4.00. The summed E-state index contributed by atoms with van der Waals surface area (Å²) in [5, 5.41) is 4.54. The van der Waals surface area contributed by atoms with Gasteiger partial charge in [0.15, 0.2) is 14.9 Å². The summed E-state index contributed by atoms with van der Waals surface area (Å²) in [6.45, 7) is 3.21. The van der Waals surface area contributed by atoms with Crippen LogP contribution in [0.5, 0.6) is 0 Å². The molecule has 0 spiro atoms. The van der Waals surface area contributed by atoms with Crippen LogP contribution >= 0.6 is 0 Å². The van der Waals surface area contributed by atoms with Crippen LogP contribution in [0.4, 0.5) is 10.3 Å². The maximum Gasteiger partial charge on any atom is 0.245 e. The summed E-state index contributed by atoms with van der Waals surface area (Å²) >= 11 is 0. The zero-order valence-corrected chi connectivity index (χ0v) is 15.4. The molecular weight excluding hydrogens is 369 g/mol. The first-order valence-corrected chi connectivity index (χ1v) is 9.82. The predicted octanol–water partition coefficient (Wildman–Crippen LogP) is 3.18. The van der Waals surface area contributed by atoms with Crippen molar-refractivity contribution in [3.8, 4) is 0 Å². The van der Waals surface area contributed by atoms with Crippen molar-refractivity contribution >= 4 is 37.6 Å². The van der Waals surface area contributed by atoms with Gasteiger partial charge in [-0.15, -0.1) is 0 Å². The smallest absolute Gasteiger partial charge is 0.244 e. The van der Waals surface area contributed by atoms with E-state index in [1.54, 1.807) is 44.2 Å². The highest BCUT2D eigenvalue weighted by Crippen LogP contribution is 2.25. The molecule has 2 heterocycles. The molecule has 2 aromatic carbocycles. The minimum Gasteiger partial charge on any atom is -0.244 e. The molecule has 0 aliphatic heterocycles. The van der Waals surface area contributed by atoms with Gasteiger partial charge in [-0.1, -0.05) is 12.1 Å². The molecule has 0 aliphatic rings. The predicted molar refractivity (Wildman–Crippen MR) is 101 cm³/mol. The van der Waals surface area contributed by atoms with E-state index in [0.29, 0.717) is 21.8 Å². The van der Waals surface area contributed by atoms with Gasteiger partial charge in [0, 0.05) is 10.8 Å². The Morgan fingerprint density at radius 2 is 1.89 bits per heavy atom. The van der Waals surface area contributed by atoms with Crippen molar-refractivity contribution in [3.05, 3.63) is 54.5 Å². The Balaban J connectivity index is 1.87. The molecule has 138 valence electrons. The maximum atomic E-state index is 13.4. The van der Waals surface area contributed by atoms with Gasteiger partial charge in [-0.2, -0.15) is 14.9 Å². The van der Waals surface area contributed by atoms with Crippen LogP contribution in [0, 0.1) is 5.82 Å². The minimum absolute atomic E-state index is 0.0342. The lowest BCUT2D eigenvalue weighted by Gasteiger charge is -2.12. The maximum absolute atomic E-state index is 13.4. The van der Waals surface area contributed by atoms with Gasteiger partial charge in [-0.3, -0.25) is 0 Å². The molecule has 0 fully saturated rings. The Morgan fingerprint density at radius 1 is 1.11 bits per heavy atom. The van der Waals surface area contributed by atoms with Gasteiger partial charge in [0.25, 0.3) is 0 Å². The molecule has 27 heavy (non-hydrogen) atoms. The van der Waals surface area contributed by atoms with E-state index < -0.39 is 15.1 Å². The third kappa shape index (κ3) is 2.99. The number of benzene rings is 2. The molecule has 0 amide bonds. The average Bonchev–Trinajstić information content (AvgIpc) is 3.02. The fourth-order valence-corrected chi connectivity index (χ4v) is 3.86. The lowest BCUT2D eigenvalue weighted by molar-refractivity contribution is 0.584. The van der Waals surface area contributed by atoms with Gasteiger partial charge in [0.2, 0.25) is 5.95 Å². The Bertz CT molecular complexity index is 1270. The zero-order chi connectivity index (χ0) is 19.2. The van der Waals surface area contributed by atoms with Crippen LogP contribution in [0.25, 0.3) is 21.8 Å². The van der Waals surface area contributed by atoms with Crippen LogP contribution < -0.4 is 5.43 Å². The van der Waals surface area contributed by atoms with Gasteiger partial charge in [-0.25, -0.2) is 23.2 Å². The highest BCUT2D eigenvalue weighted by molar-refractivity contribution is 7.92. The van der Waals surface area contributed by atoms with E-state index in [0.717, 1.165) is 0 Å². The number of para-hydroxylation sites is 1. The Kier molecular flexibility index (Phi) is 4.03. The number of anilines is 1. The summed E-state index contributed by atoms with van der Waals surface area (Å²) in [7, 11) is -3.62. The molecule has 0 radical (unpaired) electrons. The fraction of sp³-hybridized carbons (Fsp3) is 0.167. The molecule has 7 nitrogen and oxygen atoms in total. The third-order valence-electron chi connectivity index (χ3n) is 4.19. The number of fused-ring (bicyclic) bond motifs is 2. The second kappa shape index (κ2) is 6.27. The number of halogens is 1. The SMILES string of the molecule is CC(C)S(=O)(=O)c1nc(Nn2ncc3cc(F)ccc32)nc2ccccc12. The summed E-state index contributed by atoms with van der Waals surface area (Å²) in [6, 6.07) is 11.2. The van der Waals surface area contributed by atoms with Gasteiger partial charge in [-0.05, 0) is 44.2 Å². The lowest BCUT2D eigenvalue weighted by Crippen LogP contribution is -2.19. The molecular formula is C18H16FN5O2S. The fourth-order valence-electron chi connectivity index (χ4n) is 2.73. The number of rotatable bonds is 4. The number of aromatic nitrogens is 4. The van der Waals surface area contributed by atoms with E-state index in [2.05, 4.69) is 20.5 Å². The van der Waals surface area contributed by atoms with E-state index in [1.165, 1.54) is 23.1 Å². The lowest BCUT2D eigenvalue weighted by atomic mass is 10.2. The minimum atomic E-state index is -3.62. The first-order valence-electron chi connectivity index (χ1n) is 8.27. The number of sulfone groups is 1. The first kappa shape index (κ1) is 17.3. The van der Waals surface area contributed by atoms with Crippen LogP contribution in [0.15, 0.2) is 53.7 Å². The van der Waals surface area contributed by atoms with E-state index in [1.807, 2.05) is 0 Å². The van der Waals surface area contributed by atoms with Gasteiger partial charge >= 0.3 is 0 Å². The van der Waals surface area contributed by atoms with Crippen LogP contribution in [-0.4, -0.2) is 33.5 Å². The summed E-state index contributed by atoms with van der Waals surface area (Å²) in [5.74, 6) is -0.281. The molecule has 0 bridgehead atoms. The van der Waals surface area contributed by atoms with Crippen LogP contribution in [0.2, 0.25) is 0 Å². The molecule has 4 aromatic rings. The number of nitrogens with zero attached hydrogens (tertiary/aromatic N) is 4. The first-order chi connectivity index (χ1) is 12.9. The van der Waals surface area contributed by atoms with Crippen LogP contribution in [0.3, 0.4) is 0 Å². The molecule has 0 unspecified atom stereocenters. The van der Waals surface area contributed by atoms with Gasteiger partial charge in [0.1, 0.15) is 5.82 Å². The summed E-state index contributed by atoms with van der Waals surface area (Å²) < 4.78 is 38.9. The largest absolute Gasteiger partial charge is 0.245 e.